The maximum Gasteiger partial charge on any atom is 0.125 e. The molecule has 90 valence electrons. The molecule has 0 aliphatic rings. The van der Waals surface area contributed by atoms with Crippen molar-refractivity contribution in [3.05, 3.63) is 51.4 Å². The van der Waals surface area contributed by atoms with Gasteiger partial charge in [-0.1, -0.05) is 23.2 Å². The third kappa shape index (κ3) is 2.76. The van der Waals surface area contributed by atoms with Crippen LogP contribution < -0.4 is 5.32 Å². The van der Waals surface area contributed by atoms with Crippen LogP contribution in [0.15, 0.2) is 28.9 Å². The van der Waals surface area contributed by atoms with Crippen LogP contribution in [0.25, 0.3) is 0 Å². The van der Waals surface area contributed by atoms with Gasteiger partial charge in [0.25, 0.3) is 0 Å². The van der Waals surface area contributed by atoms with E-state index in [0.717, 1.165) is 22.6 Å². The Kier molecular flexibility index (Phi) is 3.65. The molecule has 0 amide bonds. The summed E-state index contributed by atoms with van der Waals surface area (Å²) in [4.78, 5) is 0. The molecule has 0 saturated heterocycles. The van der Waals surface area contributed by atoms with Gasteiger partial charge in [-0.2, -0.15) is 0 Å². The van der Waals surface area contributed by atoms with Gasteiger partial charge in [-0.05, 0) is 43.2 Å². The highest BCUT2D eigenvalue weighted by Crippen LogP contribution is 2.29. The molecular weight excluding hydrogens is 257 g/mol. The van der Waals surface area contributed by atoms with Crippen LogP contribution in [-0.2, 0) is 6.54 Å². The highest BCUT2D eigenvalue weighted by atomic mass is 35.5. The lowest BCUT2D eigenvalue weighted by Gasteiger charge is -2.09. The molecule has 4 heteroatoms. The predicted octanol–water partition coefficient (Wildman–Crippen LogP) is 4.82. The standard InChI is InChI=1S/C13H13Cl2NO/c1-8-3-4-17-13(8)7-16-12-6-10(14)9(2)5-11(12)15/h3-6,16H,7H2,1-2H3. The summed E-state index contributed by atoms with van der Waals surface area (Å²) in [6, 6.07) is 5.61. The van der Waals surface area contributed by atoms with Crippen LogP contribution in [0.1, 0.15) is 16.9 Å². The first-order valence-electron chi connectivity index (χ1n) is 5.30. The zero-order valence-electron chi connectivity index (χ0n) is 9.68. The van der Waals surface area contributed by atoms with Crippen molar-refractivity contribution in [2.45, 2.75) is 20.4 Å². The minimum atomic E-state index is 0.595. The van der Waals surface area contributed by atoms with Crippen molar-refractivity contribution in [1.29, 1.82) is 0 Å². The van der Waals surface area contributed by atoms with Crippen molar-refractivity contribution in [1.82, 2.24) is 0 Å². The fraction of sp³-hybridized carbons (Fsp3) is 0.231. The Morgan fingerprint density at radius 3 is 2.53 bits per heavy atom. The monoisotopic (exact) mass is 269 g/mol. The van der Waals surface area contributed by atoms with Crippen LogP contribution in [0.5, 0.6) is 0 Å². The molecule has 0 spiro atoms. The first kappa shape index (κ1) is 12.3. The Labute approximate surface area is 111 Å². The summed E-state index contributed by atoms with van der Waals surface area (Å²) in [6.45, 7) is 4.52. The zero-order valence-corrected chi connectivity index (χ0v) is 11.2. The molecule has 0 aliphatic heterocycles. The lowest BCUT2D eigenvalue weighted by molar-refractivity contribution is 0.515. The SMILES string of the molecule is Cc1cc(Cl)c(NCc2occc2C)cc1Cl. The zero-order chi connectivity index (χ0) is 12.4. The van der Waals surface area contributed by atoms with Crippen LogP contribution >= 0.6 is 23.2 Å². The van der Waals surface area contributed by atoms with E-state index in [4.69, 9.17) is 27.6 Å². The quantitative estimate of drug-likeness (QED) is 0.865. The maximum atomic E-state index is 6.13. The molecule has 0 fully saturated rings. The van der Waals surface area contributed by atoms with E-state index < -0.39 is 0 Å². The fourth-order valence-corrected chi connectivity index (χ4v) is 1.99. The first-order chi connectivity index (χ1) is 8.08. The van der Waals surface area contributed by atoms with Crippen molar-refractivity contribution in [2.75, 3.05) is 5.32 Å². The van der Waals surface area contributed by atoms with Crippen molar-refractivity contribution in [3.8, 4) is 0 Å². The van der Waals surface area contributed by atoms with Gasteiger partial charge < -0.3 is 9.73 Å². The molecule has 1 heterocycles. The fourth-order valence-electron chi connectivity index (χ4n) is 1.54. The van der Waals surface area contributed by atoms with Crippen LogP contribution in [-0.4, -0.2) is 0 Å². The summed E-state index contributed by atoms with van der Waals surface area (Å²) >= 11 is 12.2. The number of hydrogen-bond donors (Lipinski definition) is 1. The maximum absolute atomic E-state index is 6.13. The topological polar surface area (TPSA) is 25.2 Å². The lowest BCUT2D eigenvalue weighted by atomic mass is 10.2. The van der Waals surface area contributed by atoms with Crippen LogP contribution in [0.4, 0.5) is 5.69 Å². The summed E-state index contributed by atoms with van der Waals surface area (Å²) in [5, 5.41) is 4.58. The third-order valence-corrected chi connectivity index (χ3v) is 3.38. The Morgan fingerprint density at radius 1 is 1.12 bits per heavy atom. The summed E-state index contributed by atoms with van der Waals surface area (Å²) in [5.74, 6) is 0.901. The number of rotatable bonds is 3. The van der Waals surface area contributed by atoms with E-state index >= 15 is 0 Å². The Balaban J connectivity index is 2.14. The number of aryl methyl sites for hydroxylation is 2. The van der Waals surface area contributed by atoms with Crippen LogP contribution in [0, 0.1) is 13.8 Å². The number of hydrogen-bond acceptors (Lipinski definition) is 2. The third-order valence-electron chi connectivity index (χ3n) is 2.66. The number of benzene rings is 1. The van der Waals surface area contributed by atoms with E-state index in [1.54, 1.807) is 6.26 Å². The number of nitrogens with one attached hydrogen (secondary N) is 1. The smallest absolute Gasteiger partial charge is 0.125 e. The summed E-state index contributed by atoms with van der Waals surface area (Å²) in [6.07, 6.45) is 1.68. The van der Waals surface area contributed by atoms with Gasteiger partial charge in [0, 0.05) is 5.02 Å². The van der Waals surface area contributed by atoms with E-state index in [-0.39, 0.29) is 0 Å². The molecule has 17 heavy (non-hydrogen) atoms. The van der Waals surface area contributed by atoms with Crippen LogP contribution in [0.2, 0.25) is 10.0 Å². The molecule has 1 aromatic carbocycles. The summed E-state index contributed by atoms with van der Waals surface area (Å²) < 4.78 is 5.34. The van der Waals surface area contributed by atoms with Gasteiger partial charge in [-0.15, -0.1) is 0 Å². The number of furan rings is 1. The van der Waals surface area contributed by atoms with E-state index in [1.807, 2.05) is 32.0 Å². The molecule has 0 radical (unpaired) electrons. The molecule has 2 aromatic rings. The second-order valence-corrected chi connectivity index (χ2v) is 4.78. The second kappa shape index (κ2) is 5.03. The highest BCUT2D eigenvalue weighted by Gasteiger charge is 2.06. The van der Waals surface area contributed by atoms with Crippen molar-refractivity contribution < 1.29 is 4.42 Å². The van der Waals surface area contributed by atoms with Gasteiger partial charge in [0.2, 0.25) is 0 Å². The van der Waals surface area contributed by atoms with E-state index in [1.165, 1.54) is 0 Å². The Bertz CT molecular complexity index is 534. The lowest BCUT2D eigenvalue weighted by Crippen LogP contribution is -2.00. The average Bonchev–Trinajstić information content (AvgIpc) is 2.68. The largest absolute Gasteiger partial charge is 0.467 e. The highest BCUT2D eigenvalue weighted by molar-refractivity contribution is 6.35. The molecule has 1 N–H and O–H groups in total. The number of halogens is 2. The van der Waals surface area contributed by atoms with Gasteiger partial charge in [0.1, 0.15) is 5.76 Å². The molecule has 2 nitrogen and oxygen atoms in total. The molecule has 1 aromatic heterocycles. The second-order valence-electron chi connectivity index (χ2n) is 3.96. The van der Waals surface area contributed by atoms with Crippen molar-refractivity contribution >= 4 is 28.9 Å². The van der Waals surface area contributed by atoms with Gasteiger partial charge in [-0.3, -0.25) is 0 Å². The van der Waals surface area contributed by atoms with Gasteiger partial charge >= 0.3 is 0 Å². The minimum absolute atomic E-state index is 0.595. The molecule has 0 aliphatic carbocycles. The van der Waals surface area contributed by atoms with Gasteiger partial charge in [0.15, 0.2) is 0 Å². The molecule has 0 atom stereocenters. The van der Waals surface area contributed by atoms with Crippen molar-refractivity contribution in [2.24, 2.45) is 0 Å². The Hall–Kier alpha value is -1.12. The molecule has 0 unspecified atom stereocenters. The van der Waals surface area contributed by atoms with Crippen molar-refractivity contribution in [3.63, 3.8) is 0 Å². The number of anilines is 1. The molecular formula is C13H13Cl2NO. The first-order valence-corrected chi connectivity index (χ1v) is 6.06. The normalized spacial score (nSPS) is 10.6. The molecule has 0 bridgehead atoms. The summed E-state index contributed by atoms with van der Waals surface area (Å²) in [5.41, 5.74) is 2.90. The molecule has 2 rings (SSSR count). The minimum Gasteiger partial charge on any atom is -0.467 e. The van der Waals surface area contributed by atoms with E-state index in [0.29, 0.717) is 16.6 Å². The van der Waals surface area contributed by atoms with E-state index in [2.05, 4.69) is 5.32 Å². The Morgan fingerprint density at radius 2 is 1.88 bits per heavy atom. The predicted molar refractivity (Wildman–Crippen MR) is 72.0 cm³/mol. The van der Waals surface area contributed by atoms with E-state index in [9.17, 15) is 0 Å². The van der Waals surface area contributed by atoms with Gasteiger partial charge in [-0.25, -0.2) is 0 Å². The summed E-state index contributed by atoms with van der Waals surface area (Å²) in [7, 11) is 0. The van der Waals surface area contributed by atoms with Crippen LogP contribution in [0.3, 0.4) is 0 Å². The van der Waals surface area contributed by atoms with Gasteiger partial charge in [0.05, 0.1) is 23.5 Å². The average molecular weight is 270 g/mol. The molecule has 0 saturated carbocycles.